The summed E-state index contributed by atoms with van der Waals surface area (Å²) in [6, 6.07) is 9.46. The molecule has 0 aromatic heterocycles. The Labute approximate surface area is 117 Å². The van der Waals surface area contributed by atoms with E-state index in [9.17, 15) is 20.2 Å². The van der Waals surface area contributed by atoms with Crippen LogP contribution in [0.4, 0.5) is 11.4 Å². The summed E-state index contributed by atoms with van der Waals surface area (Å²) in [6.07, 6.45) is 0.473. The van der Waals surface area contributed by atoms with Crippen LogP contribution < -0.4 is 0 Å². The predicted octanol–water partition coefficient (Wildman–Crippen LogP) is 3.56. The average Bonchev–Trinajstić information content (AvgIpc) is 2.43. The van der Waals surface area contributed by atoms with Crippen LogP contribution in [0.25, 0.3) is 0 Å². The molecular weight excluding hydrogens is 280 g/mol. The van der Waals surface area contributed by atoms with Gasteiger partial charge in [0.25, 0.3) is 11.4 Å². The summed E-state index contributed by atoms with van der Waals surface area (Å²) < 4.78 is 0. The maximum absolute atomic E-state index is 10.8. The molecular formula is C13H8N2O4S. The lowest BCUT2D eigenvalue weighted by Gasteiger charge is -2.18. The van der Waals surface area contributed by atoms with Gasteiger partial charge in [-0.05, 0) is 23.3 Å². The Kier molecular flexibility index (Phi) is 2.90. The molecule has 1 heterocycles. The highest BCUT2D eigenvalue weighted by atomic mass is 32.2. The molecule has 0 spiro atoms. The molecule has 0 aliphatic carbocycles. The number of non-ortho nitro benzene ring substituents is 2. The first-order chi connectivity index (χ1) is 9.54. The minimum Gasteiger partial charge on any atom is -0.258 e. The van der Waals surface area contributed by atoms with Gasteiger partial charge in [0.15, 0.2) is 0 Å². The van der Waals surface area contributed by atoms with Gasteiger partial charge >= 0.3 is 0 Å². The molecule has 0 fully saturated rings. The Morgan fingerprint density at radius 2 is 1.30 bits per heavy atom. The summed E-state index contributed by atoms with van der Waals surface area (Å²) in [5, 5.41) is 21.6. The van der Waals surface area contributed by atoms with Gasteiger partial charge < -0.3 is 0 Å². The summed E-state index contributed by atoms with van der Waals surface area (Å²) in [4.78, 5) is 22.6. The standard InChI is InChI=1S/C13H8N2O4S/c16-14(17)10-1-3-12-8(6-10)5-9-7-11(15(18)19)2-4-13(9)20-12/h1-4,6-7H,5H2. The van der Waals surface area contributed by atoms with Gasteiger partial charge in [-0.1, -0.05) is 11.8 Å². The molecule has 100 valence electrons. The molecule has 0 saturated carbocycles. The third kappa shape index (κ3) is 2.12. The largest absolute Gasteiger partial charge is 0.269 e. The Balaban J connectivity index is 2.03. The molecule has 6 nitrogen and oxygen atoms in total. The lowest BCUT2D eigenvalue weighted by Crippen LogP contribution is -2.02. The molecule has 1 aliphatic rings. The first-order valence-electron chi connectivity index (χ1n) is 5.77. The van der Waals surface area contributed by atoms with E-state index in [-0.39, 0.29) is 11.4 Å². The number of nitro groups is 2. The molecule has 0 radical (unpaired) electrons. The second-order valence-electron chi connectivity index (χ2n) is 4.38. The highest BCUT2D eigenvalue weighted by molar-refractivity contribution is 7.99. The molecule has 0 amide bonds. The smallest absolute Gasteiger partial charge is 0.258 e. The third-order valence-corrected chi connectivity index (χ3v) is 4.35. The Bertz CT molecular complexity index is 684. The van der Waals surface area contributed by atoms with E-state index in [1.54, 1.807) is 12.1 Å². The predicted molar refractivity (Wildman–Crippen MR) is 73.1 cm³/mol. The van der Waals surface area contributed by atoms with Gasteiger partial charge in [0, 0.05) is 40.5 Å². The molecule has 20 heavy (non-hydrogen) atoms. The van der Waals surface area contributed by atoms with Gasteiger partial charge in [-0.3, -0.25) is 20.2 Å². The van der Waals surface area contributed by atoms with E-state index in [2.05, 4.69) is 0 Å². The Morgan fingerprint density at radius 1 is 0.850 bits per heavy atom. The van der Waals surface area contributed by atoms with Crippen LogP contribution in [0.5, 0.6) is 0 Å². The lowest BCUT2D eigenvalue weighted by atomic mass is 10.0. The first kappa shape index (κ1) is 12.6. The number of nitrogens with zero attached hydrogens (tertiary/aromatic N) is 2. The van der Waals surface area contributed by atoms with Crippen molar-refractivity contribution in [3.8, 4) is 0 Å². The van der Waals surface area contributed by atoms with E-state index in [0.717, 1.165) is 20.9 Å². The van der Waals surface area contributed by atoms with E-state index in [1.165, 1.54) is 36.0 Å². The van der Waals surface area contributed by atoms with Crippen LogP contribution >= 0.6 is 11.8 Å². The first-order valence-corrected chi connectivity index (χ1v) is 6.59. The number of rotatable bonds is 2. The maximum atomic E-state index is 10.8. The normalized spacial score (nSPS) is 12.4. The molecule has 0 saturated heterocycles. The second-order valence-corrected chi connectivity index (χ2v) is 5.46. The molecule has 1 aliphatic heterocycles. The van der Waals surface area contributed by atoms with Crippen LogP contribution in [-0.2, 0) is 6.42 Å². The van der Waals surface area contributed by atoms with E-state index in [1.807, 2.05) is 0 Å². The van der Waals surface area contributed by atoms with Crippen LogP contribution in [0.3, 0.4) is 0 Å². The fourth-order valence-electron chi connectivity index (χ4n) is 2.16. The van der Waals surface area contributed by atoms with Gasteiger partial charge in [0.05, 0.1) is 9.85 Å². The van der Waals surface area contributed by atoms with Crippen LogP contribution in [0.2, 0.25) is 0 Å². The zero-order valence-electron chi connectivity index (χ0n) is 10.1. The molecule has 2 aromatic rings. The van der Waals surface area contributed by atoms with Crippen molar-refractivity contribution in [2.24, 2.45) is 0 Å². The topological polar surface area (TPSA) is 86.3 Å². The fraction of sp³-hybridized carbons (Fsp3) is 0.0769. The molecule has 0 unspecified atom stereocenters. The number of nitro benzene ring substituents is 2. The van der Waals surface area contributed by atoms with E-state index in [4.69, 9.17) is 0 Å². The summed E-state index contributed by atoms with van der Waals surface area (Å²) in [6.45, 7) is 0. The quantitative estimate of drug-likeness (QED) is 0.531. The number of hydrogen-bond donors (Lipinski definition) is 0. The second kappa shape index (κ2) is 4.61. The fourth-order valence-corrected chi connectivity index (χ4v) is 3.19. The SMILES string of the molecule is O=[N+]([O-])c1ccc2c(c1)Cc1cc([N+](=O)[O-])ccc1S2. The van der Waals surface area contributed by atoms with Crippen molar-refractivity contribution in [1.82, 2.24) is 0 Å². The summed E-state index contributed by atoms with van der Waals surface area (Å²) in [5.41, 5.74) is 1.74. The third-order valence-electron chi connectivity index (χ3n) is 3.11. The van der Waals surface area contributed by atoms with Crippen molar-refractivity contribution >= 4 is 23.1 Å². The van der Waals surface area contributed by atoms with Crippen LogP contribution in [0.15, 0.2) is 46.2 Å². The van der Waals surface area contributed by atoms with Crippen molar-refractivity contribution in [3.63, 3.8) is 0 Å². The zero-order valence-corrected chi connectivity index (χ0v) is 10.9. The summed E-state index contributed by atoms with van der Waals surface area (Å²) >= 11 is 1.48. The summed E-state index contributed by atoms with van der Waals surface area (Å²) in [5.74, 6) is 0. The minimum absolute atomic E-state index is 0.0400. The molecule has 0 N–H and O–H groups in total. The van der Waals surface area contributed by atoms with Crippen molar-refractivity contribution in [1.29, 1.82) is 0 Å². The minimum atomic E-state index is -0.437. The number of fused-ring (bicyclic) bond motifs is 2. The molecule has 0 atom stereocenters. The van der Waals surface area contributed by atoms with Gasteiger partial charge in [-0.2, -0.15) is 0 Å². The van der Waals surface area contributed by atoms with E-state index >= 15 is 0 Å². The lowest BCUT2D eigenvalue weighted by molar-refractivity contribution is -0.385. The molecule has 0 bridgehead atoms. The van der Waals surface area contributed by atoms with Gasteiger partial charge in [-0.25, -0.2) is 0 Å². The van der Waals surface area contributed by atoms with Crippen molar-refractivity contribution < 1.29 is 9.85 Å². The molecule has 7 heteroatoms. The van der Waals surface area contributed by atoms with E-state index in [0.29, 0.717) is 6.42 Å². The highest BCUT2D eigenvalue weighted by Gasteiger charge is 2.21. The van der Waals surface area contributed by atoms with Crippen molar-refractivity contribution in [3.05, 3.63) is 67.8 Å². The van der Waals surface area contributed by atoms with Gasteiger partial charge in [0.2, 0.25) is 0 Å². The van der Waals surface area contributed by atoms with Crippen molar-refractivity contribution in [2.75, 3.05) is 0 Å². The Morgan fingerprint density at radius 3 is 1.70 bits per heavy atom. The van der Waals surface area contributed by atoms with Crippen LogP contribution in [0, 0.1) is 20.2 Å². The van der Waals surface area contributed by atoms with Gasteiger partial charge in [0.1, 0.15) is 0 Å². The molecule has 3 rings (SSSR count). The number of hydrogen-bond acceptors (Lipinski definition) is 5. The maximum Gasteiger partial charge on any atom is 0.269 e. The van der Waals surface area contributed by atoms with Gasteiger partial charge in [-0.15, -0.1) is 0 Å². The van der Waals surface area contributed by atoms with Crippen LogP contribution in [-0.4, -0.2) is 9.85 Å². The average molecular weight is 288 g/mol. The summed E-state index contributed by atoms with van der Waals surface area (Å²) in [7, 11) is 0. The van der Waals surface area contributed by atoms with E-state index < -0.39 is 9.85 Å². The zero-order chi connectivity index (χ0) is 14.3. The van der Waals surface area contributed by atoms with Crippen LogP contribution in [0.1, 0.15) is 11.1 Å². The Hall–Kier alpha value is -2.41. The monoisotopic (exact) mass is 288 g/mol. The van der Waals surface area contributed by atoms with Crippen molar-refractivity contribution in [2.45, 2.75) is 16.2 Å². The molecule has 2 aromatic carbocycles. The number of benzene rings is 2. The highest BCUT2D eigenvalue weighted by Crippen LogP contribution is 2.41.